The van der Waals surface area contributed by atoms with E-state index in [9.17, 15) is 4.39 Å². The summed E-state index contributed by atoms with van der Waals surface area (Å²) < 4.78 is 18.3. The monoisotopic (exact) mass is 225 g/mol. The van der Waals surface area contributed by atoms with Crippen LogP contribution in [0.15, 0.2) is 24.3 Å². The minimum absolute atomic E-state index is 0.197. The smallest absolute Gasteiger partial charge is 0.123 e. The van der Waals surface area contributed by atoms with E-state index in [1.807, 2.05) is 33.0 Å². The van der Waals surface area contributed by atoms with E-state index in [-0.39, 0.29) is 18.0 Å². The molecule has 0 spiro atoms. The lowest BCUT2D eigenvalue weighted by Crippen LogP contribution is -2.19. The van der Waals surface area contributed by atoms with Crippen LogP contribution in [0.25, 0.3) is 0 Å². The molecule has 1 aromatic rings. The van der Waals surface area contributed by atoms with E-state index in [2.05, 4.69) is 5.32 Å². The predicted molar refractivity (Wildman–Crippen MR) is 63.9 cm³/mol. The van der Waals surface area contributed by atoms with E-state index < -0.39 is 0 Å². The van der Waals surface area contributed by atoms with Crippen LogP contribution in [0.1, 0.15) is 31.9 Å². The van der Waals surface area contributed by atoms with Gasteiger partial charge in [-0.2, -0.15) is 0 Å². The first kappa shape index (κ1) is 13.1. The van der Waals surface area contributed by atoms with E-state index in [0.29, 0.717) is 6.61 Å². The molecule has 1 unspecified atom stereocenters. The predicted octanol–water partition coefficient (Wildman–Crippen LogP) is 2.90. The molecule has 1 atom stereocenters. The van der Waals surface area contributed by atoms with Crippen molar-refractivity contribution in [3.8, 4) is 0 Å². The average Bonchev–Trinajstić information content (AvgIpc) is 2.26. The Bertz CT molecular complexity index is 297. The SMILES string of the molecule is CNC(CCOC(C)C)c1ccc(F)cc1. The highest BCUT2D eigenvalue weighted by atomic mass is 19.1. The fourth-order valence-corrected chi connectivity index (χ4v) is 1.59. The molecular weight excluding hydrogens is 205 g/mol. The normalized spacial score (nSPS) is 13.1. The standard InChI is InChI=1S/C13H20FNO/c1-10(2)16-9-8-13(15-3)11-4-6-12(14)7-5-11/h4-7,10,13,15H,8-9H2,1-3H3. The highest BCUT2D eigenvalue weighted by molar-refractivity contribution is 5.19. The van der Waals surface area contributed by atoms with Crippen LogP contribution in [0, 0.1) is 5.82 Å². The van der Waals surface area contributed by atoms with Crippen molar-refractivity contribution in [2.75, 3.05) is 13.7 Å². The van der Waals surface area contributed by atoms with Gasteiger partial charge in [0.05, 0.1) is 6.10 Å². The number of nitrogens with one attached hydrogen (secondary N) is 1. The van der Waals surface area contributed by atoms with Gasteiger partial charge < -0.3 is 10.1 Å². The third-order valence-corrected chi connectivity index (χ3v) is 2.48. The zero-order valence-corrected chi connectivity index (χ0v) is 10.2. The molecular formula is C13H20FNO. The summed E-state index contributed by atoms with van der Waals surface area (Å²) in [5.41, 5.74) is 1.09. The van der Waals surface area contributed by atoms with Gasteiger partial charge in [-0.15, -0.1) is 0 Å². The van der Waals surface area contributed by atoms with Crippen molar-refractivity contribution in [2.24, 2.45) is 0 Å². The lowest BCUT2D eigenvalue weighted by atomic mass is 10.0. The first-order chi connectivity index (χ1) is 7.63. The summed E-state index contributed by atoms with van der Waals surface area (Å²) in [6.45, 7) is 4.75. The number of rotatable bonds is 6. The van der Waals surface area contributed by atoms with Crippen LogP contribution >= 0.6 is 0 Å². The lowest BCUT2D eigenvalue weighted by molar-refractivity contribution is 0.0719. The molecule has 0 radical (unpaired) electrons. The summed E-state index contributed by atoms with van der Waals surface area (Å²) in [7, 11) is 1.91. The van der Waals surface area contributed by atoms with Crippen molar-refractivity contribution in [1.29, 1.82) is 0 Å². The molecule has 0 aliphatic heterocycles. The summed E-state index contributed by atoms with van der Waals surface area (Å²) >= 11 is 0. The molecule has 0 fully saturated rings. The molecule has 1 rings (SSSR count). The van der Waals surface area contributed by atoms with E-state index in [1.54, 1.807) is 0 Å². The van der Waals surface area contributed by atoms with Gasteiger partial charge >= 0.3 is 0 Å². The number of hydrogen-bond donors (Lipinski definition) is 1. The van der Waals surface area contributed by atoms with E-state index in [0.717, 1.165) is 12.0 Å². The van der Waals surface area contributed by atoms with Gasteiger partial charge in [0.2, 0.25) is 0 Å². The highest BCUT2D eigenvalue weighted by Crippen LogP contribution is 2.16. The Hall–Kier alpha value is -0.930. The Morgan fingerprint density at radius 3 is 2.38 bits per heavy atom. The molecule has 0 saturated carbocycles. The van der Waals surface area contributed by atoms with Gasteiger partial charge in [0, 0.05) is 12.6 Å². The summed E-state index contributed by atoms with van der Waals surface area (Å²) in [5, 5.41) is 3.21. The van der Waals surface area contributed by atoms with Crippen molar-refractivity contribution in [3.05, 3.63) is 35.6 Å². The zero-order chi connectivity index (χ0) is 12.0. The molecule has 0 aliphatic carbocycles. The quantitative estimate of drug-likeness (QED) is 0.803. The molecule has 1 N–H and O–H groups in total. The molecule has 2 nitrogen and oxygen atoms in total. The van der Waals surface area contributed by atoms with Crippen molar-refractivity contribution >= 4 is 0 Å². The second-order valence-electron chi connectivity index (χ2n) is 4.10. The Morgan fingerprint density at radius 2 is 1.88 bits per heavy atom. The van der Waals surface area contributed by atoms with E-state index >= 15 is 0 Å². The van der Waals surface area contributed by atoms with E-state index in [1.165, 1.54) is 12.1 Å². The third-order valence-electron chi connectivity index (χ3n) is 2.48. The van der Waals surface area contributed by atoms with Crippen LogP contribution in [-0.2, 0) is 4.74 Å². The molecule has 0 amide bonds. The average molecular weight is 225 g/mol. The molecule has 0 aromatic heterocycles. The minimum Gasteiger partial charge on any atom is -0.379 e. The second kappa shape index (κ2) is 6.61. The Morgan fingerprint density at radius 1 is 1.25 bits per heavy atom. The largest absolute Gasteiger partial charge is 0.379 e. The maximum atomic E-state index is 12.8. The van der Waals surface area contributed by atoms with Gasteiger partial charge in [0.15, 0.2) is 0 Å². The molecule has 16 heavy (non-hydrogen) atoms. The molecule has 1 aromatic carbocycles. The number of hydrogen-bond acceptors (Lipinski definition) is 2. The number of ether oxygens (including phenoxy) is 1. The molecule has 0 heterocycles. The summed E-state index contributed by atoms with van der Waals surface area (Å²) in [5.74, 6) is -0.197. The molecule has 3 heteroatoms. The van der Waals surface area contributed by atoms with Gasteiger partial charge in [-0.25, -0.2) is 4.39 Å². The first-order valence-corrected chi connectivity index (χ1v) is 5.68. The summed E-state index contributed by atoms with van der Waals surface area (Å²) in [6, 6.07) is 6.82. The highest BCUT2D eigenvalue weighted by Gasteiger charge is 2.09. The molecule has 0 aliphatic rings. The topological polar surface area (TPSA) is 21.3 Å². The van der Waals surface area contributed by atoms with Crippen LogP contribution in [0.3, 0.4) is 0 Å². The second-order valence-corrected chi connectivity index (χ2v) is 4.10. The Balaban J connectivity index is 2.50. The van der Waals surface area contributed by atoms with Gasteiger partial charge in [-0.3, -0.25) is 0 Å². The van der Waals surface area contributed by atoms with Crippen LogP contribution in [-0.4, -0.2) is 19.8 Å². The third kappa shape index (κ3) is 4.29. The van der Waals surface area contributed by atoms with Crippen LogP contribution in [0.4, 0.5) is 4.39 Å². The Labute approximate surface area is 96.8 Å². The first-order valence-electron chi connectivity index (χ1n) is 5.68. The van der Waals surface area contributed by atoms with Gasteiger partial charge in [-0.05, 0) is 45.0 Å². The van der Waals surface area contributed by atoms with Crippen LogP contribution in [0.5, 0.6) is 0 Å². The van der Waals surface area contributed by atoms with Crippen molar-refractivity contribution in [2.45, 2.75) is 32.4 Å². The van der Waals surface area contributed by atoms with Gasteiger partial charge in [-0.1, -0.05) is 12.1 Å². The van der Waals surface area contributed by atoms with Gasteiger partial charge in [0.1, 0.15) is 5.82 Å². The lowest BCUT2D eigenvalue weighted by Gasteiger charge is -2.17. The van der Waals surface area contributed by atoms with Crippen molar-refractivity contribution in [3.63, 3.8) is 0 Å². The molecule has 0 saturated heterocycles. The fourth-order valence-electron chi connectivity index (χ4n) is 1.59. The maximum Gasteiger partial charge on any atom is 0.123 e. The van der Waals surface area contributed by atoms with Crippen molar-refractivity contribution in [1.82, 2.24) is 5.32 Å². The van der Waals surface area contributed by atoms with Crippen molar-refractivity contribution < 1.29 is 9.13 Å². The van der Waals surface area contributed by atoms with Crippen LogP contribution in [0.2, 0.25) is 0 Å². The number of benzene rings is 1. The summed E-state index contributed by atoms with van der Waals surface area (Å²) in [6.07, 6.45) is 1.14. The molecule has 90 valence electrons. The molecule has 0 bridgehead atoms. The van der Waals surface area contributed by atoms with Gasteiger partial charge in [0.25, 0.3) is 0 Å². The fraction of sp³-hybridized carbons (Fsp3) is 0.538. The minimum atomic E-state index is -0.197. The van der Waals surface area contributed by atoms with E-state index in [4.69, 9.17) is 4.74 Å². The Kier molecular flexibility index (Phi) is 5.43. The summed E-state index contributed by atoms with van der Waals surface area (Å²) in [4.78, 5) is 0. The maximum absolute atomic E-state index is 12.8. The van der Waals surface area contributed by atoms with Crippen LogP contribution < -0.4 is 5.32 Å². The zero-order valence-electron chi connectivity index (χ0n) is 10.2. The number of halogens is 1.